The average Bonchev–Trinajstić information content (AvgIpc) is 3.50. The number of benzene rings is 2. The lowest BCUT2D eigenvalue weighted by atomic mass is 9.90. The van der Waals surface area contributed by atoms with Gasteiger partial charge in [0, 0.05) is 12.1 Å². The molecule has 0 unspecified atom stereocenters. The largest absolute Gasteiger partial charge is 0.397 e. The Bertz CT molecular complexity index is 774. The number of nitrogens with zero attached hydrogens (tertiary/aromatic N) is 1. The summed E-state index contributed by atoms with van der Waals surface area (Å²) in [7, 11) is 0. The Hall–Kier alpha value is -2.33. The van der Waals surface area contributed by atoms with Gasteiger partial charge < -0.3 is 16.0 Å². The van der Waals surface area contributed by atoms with Crippen LogP contribution in [0.15, 0.2) is 48.5 Å². The molecular formula is C23H29N3O. The van der Waals surface area contributed by atoms with Crippen molar-refractivity contribution in [1.82, 2.24) is 4.90 Å². The predicted octanol–water partition coefficient (Wildman–Crippen LogP) is 4.19. The maximum absolute atomic E-state index is 12.4. The van der Waals surface area contributed by atoms with Crippen LogP contribution < -0.4 is 11.1 Å². The molecule has 2 aromatic carbocycles. The molecule has 142 valence electrons. The molecule has 4 heteroatoms. The van der Waals surface area contributed by atoms with Gasteiger partial charge in [0.1, 0.15) is 0 Å². The zero-order valence-corrected chi connectivity index (χ0v) is 15.9. The highest BCUT2D eigenvalue weighted by atomic mass is 16.1. The van der Waals surface area contributed by atoms with E-state index in [2.05, 4.69) is 22.3 Å². The molecule has 2 fully saturated rings. The van der Waals surface area contributed by atoms with Crippen molar-refractivity contribution >= 4 is 17.3 Å². The van der Waals surface area contributed by atoms with Gasteiger partial charge in [0.25, 0.3) is 5.91 Å². The number of carbonyl (C=O) groups is 1. The first-order valence-electron chi connectivity index (χ1n) is 10.1. The molecule has 1 saturated carbocycles. The summed E-state index contributed by atoms with van der Waals surface area (Å²) in [6.07, 6.45) is 6.59. The topological polar surface area (TPSA) is 58.4 Å². The summed E-state index contributed by atoms with van der Waals surface area (Å²) in [5, 5.41) is 2.88. The molecule has 0 aromatic heterocycles. The lowest BCUT2D eigenvalue weighted by Crippen LogP contribution is -2.35. The van der Waals surface area contributed by atoms with Crippen LogP contribution in [-0.4, -0.2) is 30.4 Å². The van der Waals surface area contributed by atoms with Crippen molar-refractivity contribution in [2.24, 2.45) is 11.8 Å². The molecule has 4 rings (SSSR count). The summed E-state index contributed by atoms with van der Waals surface area (Å²) < 4.78 is 0. The van der Waals surface area contributed by atoms with Crippen molar-refractivity contribution < 1.29 is 4.79 Å². The SMILES string of the molecule is Nc1ccccc1NC(=O)c1ccc(CC2CCN(CC3CC3)CC2)cc1. The summed E-state index contributed by atoms with van der Waals surface area (Å²) in [5.41, 5.74) is 9.13. The van der Waals surface area contributed by atoms with Crippen molar-refractivity contribution in [2.45, 2.75) is 32.1 Å². The third kappa shape index (κ3) is 4.89. The van der Waals surface area contributed by atoms with Crippen LogP contribution in [0, 0.1) is 11.8 Å². The van der Waals surface area contributed by atoms with Gasteiger partial charge in [-0.1, -0.05) is 24.3 Å². The van der Waals surface area contributed by atoms with Crippen LogP contribution in [0.2, 0.25) is 0 Å². The van der Waals surface area contributed by atoms with Gasteiger partial charge in [-0.15, -0.1) is 0 Å². The highest BCUT2D eigenvalue weighted by Gasteiger charge is 2.27. The number of nitrogens with two attached hydrogens (primary N) is 1. The van der Waals surface area contributed by atoms with Gasteiger partial charge in [-0.2, -0.15) is 0 Å². The standard InChI is InChI=1S/C23H29N3O/c24-21-3-1-2-4-22(21)25-23(27)20-9-7-17(8-10-20)15-18-11-13-26(14-12-18)16-19-5-6-19/h1-4,7-10,18-19H,5-6,11-16,24H2,(H,25,27). The quantitative estimate of drug-likeness (QED) is 0.757. The second-order valence-electron chi connectivity index (χ2n) is 8.13. The fourth-order valence-electron chi connectivity index (χ4n) is 3.97. The fourth-order valence-corrected chi connectivity index (χ4v) is 3.97. The summed E-state index contributed by atoms with van der Waals surface area (Å²) in [6.45, 7) is 3.82. The number of carbonyl (C=O) groups excluding carboxylic acids is 1. The molecule has 1 aliphatic carbocycles. The molecule has 0 radical (unpaired) electrons. The second-order valence-corrected chi connectivity index (χ2v) is 8.13. The predicted molar refractivity (Wildman–Crippen MR) is 111 cm³/mol. The Balaban J connectivity index is 1.28. The van der Waals surface area contributed by atoms with Crippen molar-refractivity contribution in [3.63, 3.8) is 0 Å². The normalized spacial score (nSPS) is 18.4. The van der Waals surface area contributed by atoms with Crippen LogP contribution in [-0.2, 0) is 6.42 Å². The molecule has 1 heterocycles. The maximum atomic E-state index is 12.4. The Morgan fingerprint density at radius 1 is 0.963 bits per heavy atom. The van der Waals surface area contributed by atoms with Crippen LogP contribution >= 0.6 is 0 Å². The molecule has 0 bridgehead atoms. The van der Waals surface area contributed by atoms with Crippen molar-refractivity contribution in [3.05, 3.63) is 59.7 Å². The van der Waals surface area contributed by atoms with Crippen LogP contribution in [0.1, 0.15) is 41.6 Å². The highest BCUT2D eigenvalue weighted by molar-refractivity contribution is 6.05. The fraction of sp³-hybridized carbons (Fsp3) is 0.435. The first-order valence-corrected chi connectivity index (χ1v) is 10.1. The first kappa shape index (κ1) is 18.1. The van der Waals surface area contributed by atoms with E-state index in [4.69, 9.17) is 5.73 Å². The summed E-state index contributed by atoms with van der Waals surface area (Å²) in [4.78, 5) is 15.1. The Labute approximate surface area is 161 Å². The number of para-hydroxylation sites is 2. The minimum atomic E-state index is -0.118. The van der Waals surface area contributed by atoms with Gasteiger partial charge in [0.15, 0.2) is 0 Å². The van der Waals surface area contributed by atoms with E-state index in [0.29, 0.717) is 16.9 Å². The Morgan fingerprint density at radius 3 is 2.33 bits per heavy atom. The van der Waals surface area contributed by atoms with E-state index in [1.54, 1.807) is 6.07 Å². The summed E-state index contributed by atoms with van der Waals surface area (Å²) >= 11 is 0. The van der Waals surface area contributed by atoms with Crippen molar-refractivity contribution in [1.29, 1.82) is 0 Å². The van der Waals surface area contributed by atoms with Gasteiger partial charge in [0.05, 0.1) is 11.4 Å². The molecular weight excluding hydrogens is 334 g/mol. The van der Waals surface area contributed by atoms with E-state index in [-0.39, 0.29) is 5.91 Å². The Morgan fingerprint density at radius 2 is 1.67 bits per heavy atom. The number of piperidine rings is 1. The third-order valence-corrected chi connectivity index (χ3v) is 5.87. The van der Waals surface area contributed by atoms with Crippen molar-refractivity contribution in [2.75, 3.05) is 30.7 Å². The zero-order valence-electron chi connectivity index (χ0n) is 15.9. The summed E-state index contributed by atoms with van der Waals surface area (Å²) in [6, 6.07) is 15.4. The lowest BCUT2D eigenvalue weighted by molar-refractivity contribution is 0.102. The lowest BCUT2D eigenvalue weighted by Gasteiger charge is -2.32. The maximum Gasteiger partial charge on any atom is 0.255 e. The van der Waals surface area contributed by atoms with E-state index < -0.39 is 0 Å². The van der Waals surface area contributed by atoms with Gasteiger partial charge in [-0.3, -0.25) is 4.79 Å². The summed E-state index contributed by atoms with van der Waals surface area (Å²) in [5.74, 6) is 1.64. The number of hydrogen-bond donors (Lipinski definition) is 2. The van der Waals surface area contributed by atoms with E-state index in [0.717, 1.165) is 18.3 Å². The number of amides is 1. The smallest absolute Gasteiger partial charge is 0.255 e. The molecule has 4 nitrogen and oxygen atoms in total. The van der Waals surface area contributed by atoms with Gasteiger partial charge in [-0.05, 0) is 86.9 Å². The Kier molecular flexibility index (Phi) is 5.44. The van der Waals surface area contributed by atoms with Crippen LogP contribution in [0.25, 0.3) is 0 Å². The molecule has 0 atom stereocenters. The number of nitrogen functional groups attached to an aromatic ring is 1. The van der Waals surface area contributed by atoms with Gasteiger partial charge in [0.2, 0.25) is 0 Å². The van der Waals surface area contributed by atoms with E-state index in [9.17, 15) is 4.79 Å². The van der Waals surface area contributed by atoms with Crippen LogP contribution in [0.4, 0.5) is 11.4 Å². The third-order valence-electron chi connectivity index (χ3n) is 5.87. The minimum absolute atomic E-state index is 0.118. The molecule has 1 amide bonds. The van der Waals surface area contributed by atoms with E-state index in [1.807, 2.05) is 30.3 Å². The van der Waals surface area contributed by atoms with Gasteiger partial charge in [-0.25, -0.2) is 0 Å². The molecule has 1 saturated heterocycles. The number of likely N-dealkylation sites (tertiary alicyclic amines) is 1. The average molecular weight is 364 g/mol. The van der Waals surface area contributed by atoms with Gasteiger partial charge >= 0.3 is 0 Å². The number of anilines is 2. The number of hydrogen-bond acceptors (Lipinski definition) is 3. The van der Waals surface area contributed by atoms with E-state index >= 15 is 0 Å². The molecule has 1 aliphatic heterocycles. The van der Waals surface area contributed by atoms with E-state index in [1.165, 1.54) is 50.9 Å². The molecule has 0 spiro atoms. The monoisotopic (exact) mass is 363 g/mol. The highest BCUT2D eigenvalue weighted by Crippen LogP contribution is 2.31. The molecule has 2 aliphatic rings. The molecule has 27 heavy (non-hydrogen) atoms. The first-order chi connectivity index (χ1) is 13.2. The van der Waals surface area contributed by atoms with Crippen molar-refractivity contribution in [3.8, 4) is 0 Å². The zero-order chi connectivity index (χ0) is 18.6. The number of nitrogens with one attached hydrogen (secondary N) is 1. The second kappa shape index (κ2) is 8.13. The minimum Gasteiger partial charge on any atom is -0.397 e. The molecule has 3 N–H and O–H groups in total. The molecule has 2 aromatic rings. The number of rotatable bonds is 6. The van der Waals surface area contributed by atoms with Crippen LogP contribution in [0.3, 0.4) is 0 Å². The van der Waals surface area contributed by atoms with Crippen LogP contribution in [0.5, 0.6) is 0 Å².